The Morgan fingerprint density at radius 1 is 1.14 bits per heavy atom. The lowest BCUT2D eigenvalue weighted by molar-refractivity contribution is -0.117. The van der Waals surface area contributed by atoms with Crippen molar-refractivity contribution >= 4 is 17.2 Å². The normalized spacial score (nSPS) is 15.6. The van der Waals surface area contributed by atoms with Gasteiger partial charge in [-0.15, -0.1) is 10.2 Å². The van der Waals surface area contributed by atoms with Crippen molar-refractivity contribution in [1.29, 1.82) is 0 Å². The Bertz CT molecular complexity index is 929. The smallest absolute Gasteiger partial charge is 0.238 e. The number of likely N-dealkylation sites (tertiary alicyclic amines) is 1. The molecule has 0 unspecified atom stereocenters. The lowest BCUT2D eigenvalue weighted by atomic mass is 9.96. The zero-order chi connectivity index (χ0) is 19.3. The molecular weight excluding hydrogens is 354 g/mol. The molecular formula is C21H25N5O2. The van der Waals surface area contributed by atoms with Crippen LogP contribution < -0.4 is 10.1 Å². The predicted molar refractivity (Wildman–Crippen MR) is 108 cm³/mol. The van der Waals surface area contributed by atoms with Gasteiger partial charge in [0.2, 0.25) is 5.91 Å². The first-order valence-corrected chi connectivity index (χ1v) is 9.77. The number of fused-ring (bicyclic) bond motifs is 1. The van der Waals surface area contributed by atoms with Gasteiger partial charge in [-0.2, -0.15) is 0 Å². The number of carbonyl (C=O) groups excluding carboxylic acids is 1. The number of amides is 1. The third-order valence-electron chi connectivity index (χ3n) is 5.11. The fourth-order valence-corrected chi connectivity index (χ4v) is 3.69. The third kappa shape index (κ3) is 4.14. The Balaban J connectivity index is 1.28. The van der Waals surface area contributed by atoms with Gasteiger partial charge >= 0.3 is 0 Å². The van der Waals surface area contributed by atoms with Crippen LogP contribution in [0.1, 0.15) is 31.5 Å². The van der Waals surface area contributed by atoms with Crippen LogP contribution in [-0.4, -0.2) is 51.6 Å². The fourth-order valence-electron chi connectivity index (χ4n) is 3.69. The van der Waals surface area contributed by atoms with Crippen LogP contribution in [0.3, 0.4) is 0 Å². The summed E-state index contributed by atoms with van der Waals surface area (Å²) < 4.78 is 7.49. The van der Waals surface area contributed by atoms with Crippen LogP contribution in [0.4, 0.5) is 5.69 Å². The number of carbonyl (C=O) groups is 1. The summed E-state index contributed by atoms with van der Waals surface area (Å²) in [6, 6.07) is 13.4. The van der Waals surface area contributed by atoms with E-state index in [9.17, 15) is 4.79 Å². The monoisotopic (exact) mass is 379 g/mol. The summed E-state index contributed by atoms with van der Waals surface area (Å²) in [6.45, 7) is 4.74. The standard InChI is InChI=1S/C21H25N5O2/c1-2-28-18-8-6-17(7-9-18)22-20(27)15-25-13-10-16(11-14-25)21-24-23-19-5-3-4-12-26(19)21/h3-9,12,16H,2,10-11,13-15H2,1H3,(H,22,27). The van der Waals surface area contributed by atoms with Gasteiger partial charge in [0.1, 0.15) is 11.6 Å². The van der Waals surface area contributed by atoms with Crippen LogP contribution >= 0.6 is 0 Å². The molecule has 3 aromatic rings. The highest BCUT2D eigenvalue weighted by Gasteiger charge is 2.25. The van der Waals surface area contributed by atoms with E-state index in [1.807, 2.05) is 55.6 Å². The Morgan fingerprint density at radius 3 is 2.68 bits per heavy atom. The van der Waals surface area contributed by atoms with Gasteiger partial charge < -0.3 is 10.1 Å². The molecule has 1 fully saturated rings. The van der Waals surface area contributed by atoms with Crippen molar-refractivity contribution in [3.8, 4) is 5.75 Å². The van der Waals surface area contributed by atoms with E-state index in [4.69, 9.17) is 4.74 Å². The molecule has 4 rings (SSSR count). The van der Waals surface area contributed by atoms with Crippen molar-refractivity contribution in [2.75, 3.05) is 31.6 Å². The molecule has 3 heterocycles. The number of ether oxygens (including phenoxy) is 1. The summed E-state index contributed by atoms with van der Waals surface area (Å²) in [5.74, 6) is 2.22. The molecule has 1 N–H and O–H groups in total. The molecule has 7 nitrogen and oxygen atoms in total. The molecule has 2 aromatic heterocycles. The Hall–Kier alpha value is -2.93. The summed E-state index contributed by atoms with van der Waals surface area (Å²) in [5, 5.41) is 11.6. The molecule has 0 atom stereocenters. The van der Waals surface area contributed by atoms with Gasteiger partial charge in [-0.3, -0.25) is 14.1 Å². The lowest BCUT2D eigenvalue weighted by Gasteiger charge is -2.30. The Kier molecular flexibility index (Phi) is 5.53. The van der Waals surface area contributed by atoms with Gasteiger partial charge in [0.05, 0.1) is 13.2 Å². The number of nitrogens with zero attached hydrogens (tertiary/aromatic N) is 4. The molecule has 1 amide bonds. The van der Waals surface area contributed by atoms with Crippen molar-refractivity contribution in [3.63, 3.8) is 0 Å². The summed E-state index contributed by atoms with van der Waals surface area (Å²) >= 11 is 0. The number of benzene rings is 1. The van der Waals surface area contributed by atoms with Crippen LogP contribution in [0.25, 0.3) is 5.65 Å². The Labute approximate surface area is 164 Å². The maximum Gasteiger partial charge on any atom is 0.238 e. The van der Waals surface area contributed by atoms with E-state index in [1.54, 1.807) is 0 Å². The van der Waals surface area contributed by atoms with Crippen LogP contribution in [-0.2, 0) is 4.79 Å². The fraction of sp³-hybridized carbons (Fsp3) is 0.381. The van der Waals surface area contributed by atoms with E-state index in [-0.39, 0.29) is 5.91 Å². The third-order valence-corrected chi connectivity index (χ3v) is 5.11. The molecule has 1 aromatic carbocycles. The van der Waals surface area contributed by atoms with E-state index in [1.165, 1.54) is 0 Å². The summed E-state index contributed by atoms with van der Waals surface area (Å²) in [7, 11) is 0. The highest BCUT2D eigenvalue weighted by Crippen LogP contribution is 2.27. The van der Waals surface area contributed by atoms with Gasteiger partial charge in [0, 0.05) is 17.8 Å². The molecule has 1 aliphatic heterocycles. The number of hydrogen-bond acceptors (Lipinski definition) is 5. The zero-order valence-corrected chi connectivity index (χ0v) is 16.0. The van der Waals surface area contributed by atoms with Crippen molar-refractivity contribution in [3.05, 3.63) is 54.5 Å². The van der Waals surface area contributed by atoms with Gasteiger partial charge in [0.15, 0.2) is 5.65 Å². The molecule has 1 aliphatic rings. The van der Waals surface area contributed by atoms with Gasteiger partial charge in [-0.25, -0.2) is 0 Å². The van der Waals surface area contributed by atoms with Crippen LogP contribution in [0, 0.1) is 0 Å². The minimum atomic E-state index is 0.00976. The lowest BCUT2D eigenvalue weighted by Crippen LogP contribution is -2.39. The maximum absolute atomic E-state index is 12.4. The second-order valence-electron chi connectivity index (χ2n) is 7.04. The zero-order valence-electron chi connectivity index (χ0n) is 16.0. The Morgan fingerprint density at radius 2 is 1.93 bits per heavy atom. The first-order chi connectivity index (χ1) is 13.7. The van der Waals surface area contributed by atoms with Crippen molar-refractivity contribution in [1.82, 2.24) is 19.5 Å². The van der Waals surface area contributed by atoms with Gasteiger partial charge in [0.25, 0.3) is 0 Å². The topological polar surface area (TPSA) is 71.8 Å². The number of hydrogen-bond donors (Lipinski definition) is 1. The van der Waals surface area contributed by atoms with Crippen LogP contribution in [0.15, 0.2) is 48.7 Å². The average molecular weight is 379 g/mol. The molecule has 0 saturated carbocycles. The molecule has 1 saturated heterocycles. The molecule has 0 radical (unpaired) electrons. The largest absolute Gasteiger partial charge is 0.494 e. The summed E-state index contributed by atoms with van der Waals surface area (Å²) in [6.07, 6.45) is 3.97. The van der Waals surface area contributed by atoms with Crippen LogP contribution in [0.2, 0.25) is 0 Å². The highest BCUT2D eigenvalue weighted by atomic mass is 16.5. The quantitative estimate of drug-likeness (QED) is 0.713. The van der Waals surface area contributed by atoms with E-state index in [0.717, 1.165) is 48.8 Å². The van der Waals surface area contributed by atoms with E-state index in [0.29, 0.717) is 19.1 Å². The second-order valence-corrected chi connectivity index (χ2v) is 7.04. The SMILES string of the molecule is CCOc1ccc(NC(=O)CN2CCC(c3nnc4ccccn34)CC2)cc1. The van der Waals surface area contributed by atoms with E-state index >= 15 is 0 Å². The molecule has 146 valence electrons. The minimum Gasteiger partial charge on any atom is -0.494 e. The molecule has 7 heteroatoms. The second kappa shape index (κ2) is 8.39. The first kappa shape index (κ1) is 18.4. The van der Waals surface area contributed by atoms with Crippen molar-refractivity contribution in [2.24, 2.45) is 0 Å². The van der Waals surface area contributed by atoms with Crippen LogP contribution in [0.5, 0.6) is 5.75 Å². The van der Waals surface area contributed by atoms with Crippen molar-refractivity contribution in [2.45, 2.75) is 25.7 Å². The molecule has 0 aliphatic carbocycles. The minimum absolute atomic E-state index is 0.00976. The van der Waals surface area contributed by atoms with E-state index < -0.39 is 0 Å². The first-order valence-electron chi connectivity index (χ1n) is 9.77. The summed E-state index contributed by atoms with van der Waals surface area (Å²) in [4.78, 5) is 14.6. The molecule has 0 bridgehead atoms. The predicted octanol–water partition coefficient (Wildman–Crippen LogP) is 2.95. The number of pyridine rings is 1. The number of rotatable bonds is 6. The number of piperidine rings is 1. The highest BCUT2D eigenvalue weighted by molar-refractivity contribution is 5.92. The van der Waals surface area contributed by atoms with Gasteiger partial charge in [-0.1, -0.05) is 6.07 Å². The number of anilines is 1. The molecule has 28 heavy (non-hydrogen) atoms. The maximum atomic E-state index is 12.4. The number of aromatic nitrogens is 3. The number of nitrogens with one attached hydrogen (secondary N) is 1. The van der Waals surface area contributed by atoms with Crippen molar-refractivity contribution < 1.29 is 9.53 Å². The molecule has 0 spiro atoms. The summed E-state index contributed by atoms with van der Waals surface area (Å²) in [5.41, 5.74) is 1.67. The van der Waals surface area contributed by atoms with E-state index in [2.05, 4.69) is 24.8 Å². The average Bonchev–Trinajstić information content (AvgIpc) is 3.14. The van der Waals surface area contributed by atoms with Gasteiger partial charge in [-0.05, 0) is 69.3 Å².